The summed E-state index contributed by atoms with van der Waals surface area (Å²) in [7, 11) is 0. The highest BCUT2D eigenvalue weighted by molar-refractivity contribution is 6.21. The smallest absolute Gasteiger partial charge is 0.433 e. The van der Waals surface area contributed by atoms with Crippen LogP contribution in [0.3, 0.4) is 0 Å². The Balaban J connectivity index is 2.48. The zero-order chi connectivity index (χ0) is 13.3. The van der Waals surface area contributed by atoms with Crippen LogP contribution in [0.15, 0.2) is 30.0 Å². The Labute approximate surface area is 102 Å². The molecule has 0 unspecified atom stereocenters. The third kappa shape index (κ3) is 1.88. The molecule has 0 bridgehead atoms. The number of aromatic nitrogens is 1. The third-order valence-electron chi connectivity index (χ3n) is 2.41. The van der Waals surface area contributed by atoms with Crippen LogP contribution in [0.1, 0.15) is 22.2 Å². The Hall–Kier alpha value is -2.50. The molecule has 0 spiro atoms. The standard InChI is InChI=1S/C12H9NO5/c1-2-18-12(17)8-5-10(15)9-4-3-7(14)6-13(9)11(8)16/h3-6H,2H2,1H3/p+1. The monoisotopic (exact) mass is 248 g/mol. The maximum absolute atomic E-state index is 12.0. The fourth-order valence-electron chi connectivity index (χ4n) is 1.61. The SMILES string of the molecule is CCOC(=O)C1=CC(=O)c2ccc(O)c[n+]2C1=O. The van der Waals surface area contributed by atoms with E-state index in [-0.39, 0.29) is 23.6 Å². The number of pyridine rings is 1. The van der Waals surface area contributed by atoms with E-state index in [1.807, 2.05) is 0 Å². The quantitative estimate of drug-likeness (QED) is 0.452. The van der Waals surface area contributed by atoms with Crippen LogP contribution in [0, 0.1) is 0 Å². The molecule has 92 valence electrons. The van der Waals surface area contributed by atoms with Crippen molar-refractivity contribution in [2.24, 2.45) is 0 Å². The number of nitrogens with zero attached hydrogens (tertiary/aromatic N) is 1. The van der Waals surface area contributed by atoms with E-state index in [0.717, 1.165) is 16.8 Å². The second kappa shape index (κ2) is 4.40. The van der Waals surface area contributed by atoms with Crippen LogP contribution in [0.5, 0.6) is 5.75 Å². The number of allylic oxidation sites excluding steroid dienone is 1. The average Bonchev–Trinajstić information content (AvgIpc) is 2.33. The molecule has 1 aromatic heterocycles. The summed E-state index contributed by atoms with van der Waals surface area (Å²) >= 11 is 0. The van der Waals surface area contributed by atoms with Gasteiger partial charge in [0.05, 0.1) is 6.61 Å². The Morgan fingerprint density at radius 1 is 1.39 bits per heavy atom. The molecule has 18 heavy (non-hydrogen) atoms. The summed E-state index contributed by atoms with van der Waals surface area (Å²) in [5, 5.41) is 9.30. The van der Waals surface area contributed by atoms with Gasteiger partial charge in [0.1, 0.15) is 0 Å². The molecular weight excluding hydrogens is 238 g/mol. The molecule has 0 amide bonds. The molecule has 0 aliphatic carbocycles. The molecule has 0 atom stereocenters. The molecule has 0 saturated heterocycles. The van der Waals surface area contributed by atoms with E-state index in [2.05, 4.69) is 4.74 Å². The van der Waals surface area contributed by atoms with Crippen LogP contribution in [-0.2, 0) is 9.53 Å². The van der Waals surface area contributed by atoms with Crippen LogP contribution in [0.2, 0.25) is 0 Å². The number of carbonyl (C=O) groups is 3. The summed E-state index contributed by atoms with van der Waals surface area (Å²) in [5.74, 6) is -2.21. The average molecular weight is 248 g/mol. The van der Waals surface area contributed by atoms with E-state index in [1.54, 1.807) is 6.92 Å². The Kier molecular flexibility index (Phi) is 2.93. The number of carbonyl (C=O) groups excluding carboxylic acids is 3. The van der Waals surface area contributed by atoms with Gasteiger partial charge in [0.15, 0.2) is 11.3 Å². The molecule has 6 nitrogen and oxygen atoms in total. The molecule has 0 saturated carbocycles. The molecule has 6 heteroatoms. The van der Waals surface area contributed by atoms with Gasteiger partial charge >= 0.3 is 11.9 Å². The minimum absolute atomic E-state index is 0.0887. The van der Waals surface area contributed by atoms with Crippen molar-refractivity contribution in [2.75, 3.05) is 6.61 Å². The van der Waals surface area contributed by atoms with Crippen molar-refractivity contribution in [1.29, 1.82) is 0 Å². The number of ether oxygens (including phenoxy) is 1. The highest BCUT2D eigenvalue weighted by atomic mass is 16.5. The Morgan fingerprint density at radius 2 is 2.11 bits per heavy atom. The van der Waals surface area contributed by atoms with Gasteiger partial charge in [-0.25, -0.2) is 9.59 Å². The zero-order valence-corrected chi connectivity index (χ0v) is 9.54. The lowest BCUT2D eigenvalue weighted by atomic mass is 10.1. The third-order valence-corrected chi connectivity index (χ3v) is 2.41. The maximum atomic E-state index is 12.0. The fraction of sp³-hybridized carbons (Fsp3) is 0.167. The first-order valence-electron chi connectivity index (χ1n) is 5.27. The van der Waals surface area contributed by atoms with Gasteiger partial charge in [0.2, 0.25) is 6.20 Å². The molecule has 1 aromatic rings. The van der Waals surface area contributed by atoms with Crippen molar-refractivity contribution in [3.05, 3.63) is 35.7 Å². The van der Waals surface area contributed by atoms with Crippen LogP contribution in [0.4, 0.5) is 0 Å². The van der Waals surface area contributed by atoms with Gasteiger partial charge in [-0.05, 0) is 13.0 Å². The number of esters is 1. The number of fused-ring (bicyclic) bond motifs is 1. The molecule has 0 radical (unpaired) electrons. The number of hydrogen-bond acceptors (Lipinski definition) is 5. The zero-order valence-electron chi connectivity index (χ0n) is 9.54. The maximum Gasteiger partial charge on any atom is 0.433 e. The fourth-order valence-corrected chi connectivity index (χ4v) is 1.61. The second-order valence-electron chi connectivity index (χ2n) is 3.59. The van der Waals surface area contributed by atoms with Gasteiger partial charge in [0, 0.05) is 12.1 Å². The minimum Gasteiger partial charge on any atom is -0.503 e. The van der Waals surface area contributed by atoms with Gasteiger partial charge in [-0.2, -0.15) is 0 Å². The van der Waals surface area contributed by atoms with Crippen molar-refractivity contribution >= 4 is 17.7 Å². The summed E-state index contributed by atoms with van der Waals surface area (Å²) in [4.78, 5) is 35.2. The molecule has 1 aliphatic heterocycles. The predicted molar refractivity (Wildman–Crippen MR) is 58.0 cm³/mol. The van der Waals surface area contributed by atoms with Crippen molar-refractivity contribution in [3.63, 3.8) is 0 Å². The highest BCUT2D eigenvalue weighted by Crippen LogP contribution is 2.13. The molecule has 0 fully saturated rings. The summed E-state index contributed by atoms with van der Waals surface area (Å²) in [6.45, 7) is 1.70. The van der Waals surface area contributed by atoms with E-state index in [9.17, 15) is 19.5 Å². The van der Waals surface area contributed by atoms with E-state index in [1.165, 1.54) is 12.1 Å². The van der Waals surface area contributed by atoms with Gasteiger partial charge in [-0.3, -0.25) is 4.79 Å². The van der Waals surface area contributed by atoms with E-state index >= 15 is 0 Å². The van der Waals surface area contributed by atoms with E-state index in [0.29, 0.717) is 0 Å². The topological polar surface area (TPSA) is 84.6 Å². The Morgan fingerprint density at radius 3 is 2.78 bits per heavy atom. The van der Waals surface area contributed by atoms with Crippen molar-refractivity contribution < 1.29 is 28.8 Å². The van der Waals surface area contributed by atoms with Crippen LogP contribution < -0.4 is 4.57 Å². The van der Waals surface area contributed by atoms with E-state index < -0.39 is 17.7 Å². The number of aromatic hydroxyl groups is 1. The number of rotatable bonds is 2. The molecular formula is C12H10NO5+. The van der Waals surface area contributed by atoms with Gasteiger partial charge in [-0.15, -0.1) is 4.57 Å². The van der Waals surface area contributed by atoms with Gasteiger partial charge < -0.3 is 9.84 Å². The largest absolute Gasteiger partial charge is 0.503 e. The summed E-state index contributed by atoms with van der Waals surface area (Å²) in [6.07, 6.45) is 2.04. The first-order valence-corrected chi connectivity index (χ1v) is 5.27. The van der Waals surface area contributed by atoms with Crippen LogP contribution in [0.25, 0.3) is 0 Å². The lowest BCUT2D eigenvalue weighted by molar-refractivity contribution is -0.574. The molecule has 2 rings (SSSR count). The van der Waals surface area contributed by atoms with Gasteiger partial charge in [0.25, 0.3) is 11.5 Å². The van der Waals surface area contributed by atoms with E-state index in [4.69, 9.17) is 0 Å². The normalized spacial score (nSPS) is 13.9. The second-order valence-corrected chi connectivity index (χ2v) is 3.59. The summed E-state index contributed by atoms with van der Waals surface area (Å²) in [5.41, 5.74) is -0.254. The molecule has 0 aromatic carbocycles. The minimum atomic E-state index is -0.850. The number of ketones is 1. The van der Waals surface area contributed by atoms with Gasteiger partial charge in [-0.1, -0.05) is 0 Å². The van der Waals surface area contributed by atoms with Crippen LogP contribution in [-0.4, -0.2) is 29.4 Å². The lowest BCUT2D eigenvalue weighted by Crippen LogP contribution is -2.52. The van der Waals surface area contributed by atoms with Crippen LogP contribution >= 0.6 is 0 Å². The van der Waals surface area contributed by atoms with Crippen molar-refractivity contribution in [1.82, 2.24) is 0 Å². The molecule has 1 N–H and O–H groups in total. The van der Waals surface area contributed by atoms with Crippen molar-refractivity contribution in [3.8, 4) is 5.75 Å². The summed E-state index contributed by atoms with van der Waals surface area (Å²) < 4.78 is 5.62. The lowest BCUT2D eigenvalue weighted by Gasteiger charge is -2.08. The number of hydrogen-bond donors (Lipinski definition) is 1. The molecule has 2 heterocycles. The predicted octanol–water partition coefficient (Wildman–Crippen LogP) is 0.00570. The first-order chi connectivity index (χ1) is 8.54. The molecule has 1 aliphatic rings. The Bertz CT molecular complexity index is 588. The van der Waals surface area contributed by atoms with Crippen molar-refractivity contribution in [2.45, 2.75) is 6.92 Å². The first kappa shape index (κ1) is 12.0. The highest BCUT2D eigenvalue weighted by Gasteiger charge is 2.38. The summed E-state index contributed by atoms with van der Waals surface area (Å²) in [6, 6.07) is 2.61.